The lowest BCUT2D eigenvalue weighted by Gasteiger charge is -2.34. The molecule has 1 saturated carbocycles. The third-order valence-electron chi connectivity index (χ3n) is 3.86. The van der Waals surface area contributed by atoms with Gasteiger partial charge in [0, 0.05) is 16.9 Å². The molecule has 21 heavy (non-hydrogen) atoms. The third kappa shape index (κ3) is 5.03. The van der Waals surface area contributed by atoms with Crippen LogP contribution in [0.15, 0.2) is 28.7 Å². The predicted molar refractivity (Wildman–Crippen MR) is 88.5 cm³/mol. The summed E-state index contributed by atoms with van der Waals surface area (Å²) in [6.07, 6.45) is 3.45. The molecule has 0 radical (unpaired) electrons. The standard InChI is InChI=1S/C17H24BrNO2/c1-17(2,3)21-16(20)19-11-15(12-6-4-7-12)13-8-5-9-14(18)10-13/h5,8-10,12,15H,4,6-7,11H2,1-3H3,(H,19,20). The van der Waals surface area contributed by atoms with E-state index in [1.807, 2.05) is 26.8 Å². The van der Waals surface area contributed by atoms with E-state index in [1.165, 1.54) is 24.8 Å². The summed E-state index contributed by atoms with van der Waals surface area (Å²) in [5.41, 5.74) is 0.830. The Morgan fingerprint density at radius 2 is 2.14 bits per heavy atom. The number of hydrogen-bond donors (Lipinski definition) is 1. The molecule has 1 N–H and O–H groups in total. The highest BCUT2D eigenvalue weighted by molar-refractivity contribution is 9.10. The fourth-order valence-electron chi connectivity index (χ4n) is 2.64. The molecule has 3 nitrogen and oxygen atoms in total. The van der Waals surface area contributed by atoms with E-state index in [2.05, 4.69) is 39.4 Å². The normalized spacial score (nSPS) is 17.0. The van der Waals surface area contributed by atoms with Crippen LogP contribution < -0.4 is 5.32 Å². The van der Waals surface area contributed by atoms with Gasteiger partial charge in [-0.2, -0.15) is 0 Å². The van der Waals surface area contributed by atoms with Gasteiger partial charge in [0.25, 0.3) is 0 Å². The second kappa shape index (κ2) is 6.82. The summed E-state index contributed by atoms with van der Waals surface area (Å²) in [5.74, 6) is 1.03. The maximum absolute atomic E-state index is 11.8. The largest absolute Gasteiger partial charge is 0.444 e. The molecular weight excluding hydrogens is 330 g/mol. The first kappa shape index (κ1) is 16.3. The highest BCUT2D eigenvalue weighted by Gasteiger charge is 2.29. The van der Waals surface area contributed by atoms with Gasteiger partial charge in [0.1, 0.15) is 5.60 Å². The van der Waals surface area contributed by atoms with Crippen molar-refractivity contribution in [3.8, 4) is 0 Å². The molecule has 0 saturated heterocycles. The lowest BCUT2D eigenvalue weighted by atomic mass is 9.73. The van der Waals surface area contributed by atoms with Crippen molar-refractivity contribution < 1.29 is 9.53 Å². The molecule has 0 spiro atoms. The number of carbonyl (C=O) groups is 1. The number of carbonyl (C=O) groups excluding carboxylic acids is 1. The second-order valence-corrected chi connectivity index (χ2v) is 7.65. The van der Waals surface area contributed by atoms with Crippen molar-refractivity contribution >= 4 is 22.0 Å². The van der Waals surface area contributed by atoms with Crippen molar-refractivity contribution in [2.45, 2.75) is 51.6 Å². The first-order chi connectivity index (χ1) is 9.85. The molecule has 1 aromatic rings. The zero-order valence-electron chi connectivity index (χ0n) is 13.0. The van der Waals surface area contributed by atoms with Crippen LogP contribution >= 0.6 is 15.9 Å². The highest BCUT2D eigenvalue weighted by atomic mass is 79.9. The van der Waals surface area contributed by atoms with Gasteiger partial charge in [-0.3, -0.25) is 0 Å². The molecule has 0 heterocycles. The monoisotopic (exact) mass is 353 g/mol. The van der Waals surface area contributed by atoms with Gasteiger partial charge in [-0.15, -0.1) is 0 Å². The first-order valence-electron chi connectivity index (χ1n) is 7.57. The number of alkyl carbamates (subject to hydrolysis) is 1. The minimum atomic E-state index is -0.453. The number of benzene rings is 1. The van der Waals surface area contributed by atoms with Crippen molar-refractivity contribution in [1.82, 2.24) is 5.32 Å². The molecule has 116 valence electrons. The summed E-state index contributed by atoms with van der Waals surface area (Å²) < 4.78 is 6.40. The van der Waals surface area contributed by atoms with Crippen molar-refractivity contribution in [1.29, 1.82) is 0 Å². The number of ether oxygens (including phenoxy) is 1. The van der Waals surface area contributed by atoms with Crippen LogP contribution in [0.1, 0.15) is 51.5 Å². The Hall–Kier alpha value is -1.03. The molecule has 2 rings (SSSR count). The van der Waals surface area contributed by atoms with Gasteiger partial charge >= 0.3 is 6.09 Å². The van der Waals surface area contributed by atoms with E-state index < -0.39 is 5.60 Å². The summed E-state index contributed by atoms with van der Waals surface area (Å²) in [4.78, 5) is 11.8. The molecule has 1 atom stereocenters. The molecule has 1 fully saturated rings. The van der Waals surface area contributed by atoms with Crippen LogP contribution in [0.4, 0.5) is 4.79 Å². The molecule has 1 aliphatic rings. The van der Waals surface area contributed by atoms with E-state index in [0.29, 0.717) is 18.4 Å². The maximum Gasteiger partial charge on any atom is 0.407 e. The van der Waals surface area contributed by atoms with Crippen LogP contribution in [-0.4, -0.2) is 18.2 Å². The van der Waals surface area contributed by atoms with Crippen LogP contribution in [0, 0.1) is 5.92 Å². The fourth-order valence-corrected chi connectivity index (χ4v) is 3.06. The molecule has 4 heteroatoms. The minimum Gasteiger partial charge on any atom is -0.444 e. The van der Waals surface area contributed by atoms with Gasteiger partial charge in [0.15, 0.2) is 0 Å². The molecule has 1 aliphatic carbocycles. The van der Waals surface area contributed by atoms with Crippen LogP contribution in [0.5, 0.6) is 0 Å². The Kier molecular flexibility index (Phi) is 5.31. The second-order valence-electron chi connectivity index (χ2n) is 6.74. The van der Waals surface area contributed by atoms with E-state index in [9.17, 15) is 4.79 Å². The maximum atomic E-state index is 11.8. The van der Waals surface area contributed by atoms with Crippen LogP contribution in [0.2, 0.25) is 0 Å². The average Bonchev–Trinajstić information content (AvgIpc) is 2.29. The van der Waals surface area contributed by atoms with E-state index in [1.54, 1.807) is 0 Å². The predicted octanol–water partition coefficient (Wildman–Crippen LogP) is 4.86. The Morgan fingerprint density at radius 1 is 1.43 bits per heavy atom. The fraction of sp³-hybridized carbons (Fsp3) is 0.588. The first-order valence-corrected chi connectivity index (χ1v) is 8.37. The average molecular weight is 354 g/mol. The van der Waals surface area contributed by atoms with Crippen molar-refractivity contribution in [3.05, 3.63) is 34.3 Å². The molecule has 0 aliphatic heterocycles. The van der Waals surface area contributed by atoms with Crippen LogP contribution in [-0.2, 0) is 4.74 Å². The Bertz CT molecular complexity index is 492. The van der Waals surface area contributed by atoms with E-state index in [4.69, 9.17) is 4.74 Å². The lowest BCUT2D eigenvalue weighted by Crippen LogP contribution is -2.37. The van der Waals surface area contributed by atoms with E-state index in [0.717, 1.165) is 4.47 Å². The molecule has 1 aromatic carbocycles. The Balaban J connectivity index is 1.99. The van der Waals surface area contributed by atoms with Gasteiger partial charge in [-0.05, 0) is 57.2 Å². The lowest BCUT2D eigenvalue weighted by molar-refractivity contribution is 0.0517. The minimum absolute atomic E-state index is 0.332. The number of hydrogen-bond acceptors (Lipinski definition) is 2. The van der Waals surface area contributed by atoms with Gasteiger partial charge < -0.3 is 10.1 Å². The summed E-state index contributed by atoms with van der Waals surface area (Å²) in [6, 6.07) is 8.38. The summed E-state index contributed by atoms with van der Waals surface area (Å²) >= 11 is 3.53. The zero-order valence-corrected chi connectivity index (χ0v) is 14.6. The molecule has 0 bridgehead atoms. The van der Waals surface area contributed by atoms with Crippen LogP contribution in [0.3, 0.4) is 0 Å². The summed E-state index contributed by atoms with van der Waals surface area (Å²) in [6.45, 7) is 6.27. The number of nitrogens with one attached hydrogen (secondary N) is 1. The highest BCUT2D eigenvalue weighted by Crippen LogP contribution is 2.39. The molecule has 1 unspecified atom stereocenters. The van der Waals surface area contributed by atoms with Gasteiger partial charge in [-0.1, -0.05) is 34.5 Å². The van der Waals surface area contributed by atoms with Gasteiger partial charge in [-0.25, -0.2) is 4.79 Å². The number of halogens is 1. The summed E-state index contributed by atoms with van der Waals surface area (Å²) in [5, 5.41) is 2.93. The number of rotatable bonds is 4. The van der Waals surface area contributed by atoms with E-state index in [-0.39, 0.29) is 6.09 Å². The van der Waals surface area contributed by atoms with Gasteiger partial charge in [0.2, 0.25) is 0 Å². The quantitative estimate of drug-likeness (QED) is 0.839. The van der Waals surface area contributed by atoms with Crippen molar-refractivity contribution in [3.63, 3.8) is 0 Å². The van der Waals surface area contributed by atoms with Crippen LogP contribution in [0.25, 0.3) is 0 Å². The SMILES string of the molecule is CC(C)(C)OC(=O)NCC(c1cccc(Br)c1)C1CCC1. The van der Waals surface area contributed by atoms with Crippen molar-refractivity contribution in [2.24, 2.45) is 5.92 Å². The van der Waals surface area contributed by atoms with Crippen molar-refractivity contribution in [2.75, 3.05) is 6.54 Å². The molecule has 0 aromatic heterocycles. The zero-order chi connectivity index (χ0) is 15.5. The molecular formula is C17H24BrNO2. The molecule has 1 amide bonds. The number of amides is 1. The third-order valence-corrected chi connectivity index (χ3v) is 4.35. The smallest absolute Gasteiger partial charge is 0.407 e. The van der Waals surface area contributed by atoms with Gasteiger partial charge in [0.05, 0.1) is 0 Å². The Morgan fingerprint density at radius 3 is 2.67 bits per heavy atom. The Labute approximate surface area is 135 Å². The van der Waals surface area contributed by atoms with E-state index >= 15 is 0 Å². The topological polar surface area (TPSA) is 38.3 Å². The summed E-state index contributed by atoms with van der Waals surface area (Å²) in [7, 11) is 0.